The zero-order chi connectivity index (χ0) is 11.5. The van der Waals surface area contributed by atoms with Gasteiger partial charge in [0, 0.05) is 24.3 Å². The molecule has 0 bridgehead atoms. The van der Waals surface area contributed by atoms with Crippen LogP contribution in [-0.2, 0) is 4.79 Å². The third-order valence-corrected chi connectivity index (χ3v) is 5.00. The van der Waals surface area contributed by atoms with Crippen LogP contribution in [0, 0.1) is 5.92 Å². The molecule has 0 aromatic rings. The number of thioether (sulfide) groups is 1. The second-order valence-corrected chi connectivity index (χ2v) is 6.47. The highest BCUT2D eigenvalue weighted by Gasteiger charge is 2.37. The average molecular weight is 242 g/mol. The number of likely N-dealkylation sites (tertiary alicyclic amines) is 1. The fraction of sp³-hybridized carbons (Fsp3) is 0.917. The quantitative estimate of drug-likeness (QED) is 0.812. The van der Waals surface area contributed by atoms with Crippen molar-refractivity contribution >= 4 is 17.7 Å². The summed E-state index contributed by atoms with van der Waals surface area (Å²) in [7, 11) is 0. The Kier molecular flexibility index (Phi) is 4.14. The van der Waals surface area contributed by atoms with Crippen LogP contribution in [0.1, 0.15) is 32.6 Å². The predicted octanol–water partition coefficient (Wildman–Crippen LogP) is 1.47. The van der Waals surface area contributed by atoms with Crippen LogP contribution in [0.3, 0.4) is 0 Å². The lowest BCUT2D eigenvalue weighted by Gasteiger charge is -2.24. The molecule has 0 spiro atoms. The number of nitrogens with two attached hydrogens (primary N) is 1. The van der Waals surface area contributed by atoms with Crippen LogP contribution in [0.4, 0.5) is 0 Å². The monoisotopic (exact) mass is 242 g/mol. The number of carbonyl (C=O) groups excluding carboxylic acids is 1. The van der Waals surface area contributed by atoms with Crippen molar-refractivity contribution in [1.82, 2.24) is 4.90 Å². The van der Waals surface area contributed by atoms with Crippen molar-refractivity contribution in [1.29, 1.82) is 0 Å². The van der Waals surface area contributed by atoms with E-state index in [1.807, 2.05) is 11.8 Å². The molecule has 2 N–H and O–H groups in total. The maximum Gasteiger partial charge on any atom is 0.223 e. The fourth-order valence-corrected chi connectivity index (χ4v) is 4.04. The van der Waals surface area contributed by atoms with Gasteiger partial charge >= 0.3 is 0 Å². The summed E-state index contributed by atoms with van der Waals surface area (Å²) in [5.74, 6) is 1.93. The third kappa shape index (κ3) is 2.54. The smallest absolute Gasteiger partial charge is 0.223 e. The highest BCUT2D eigenvalue weighted by atomic mass is 32.2. The minimum absolute atomic E-state index is 0.336. The van der Waals surface area contributed by atoms with Gasteiger partial charge in [-0.1, -0.05) is 6.92 Å². The molecule has 2 fully saturated rings. The van der Waals surface area contributed by atoms with Crippen LogP contribution in [0.2, 0.25) is 0 Å². The summed E-state index contributed by atoms with van der Waals surface area (Å²) in [6.07, 6.45) is 4.35. The van der Waals surface area contributed by atoms with Crippen molar-refractivity contribution in [3.8, 4) is 0 Å². The molecule has 1 amide bonds. The second-order valence-electron chi connectivity index (χ2n) is 4.90. The molecule has 1 heterocycles. The standard InChI is InChI=1S/C12H22N2OS/c1-2-16-11-4-3-10(6-11)14-8-9(7-13)5-12(14)15/h9-11H,2-8,13H2,1H3. The Hall–Kier alpha value is -0.220. The Morgan fingerprint density at radius 1 is 1.50 bits per heavy atom. The molecule has 16 heavy (non-hydrogen) atoms. The Labute approximate surface area is 102 Å². The van der Waals surface area contributed by atoms with Crippen LogP contribution in [0.25, 0.3) is 0 Å². The first kappa shape index (κ1) is 12.2. The lowest BCUT2D eigenvalue weighted by Crippen LogP contribution is -2.35. The molecule has 3 nitrogen and oxygen atoms in total. The molecule has 2 aliphatic rings. The van der Waals surface area contributed by atoms with E-state index in [0.29, 0.717) is 30.8 Å². The molecular formula is C12H22N2OS. The fourth-order valence-electron chi connectivity index (χ4n) is 2.91. The summed E-state index contributed by atoms with van der Waals surface area (Å²) in [6.45, 7) is 3.77. The van der Waals surface area contributed by atoms with Crippen LogP contribution in [0.5, 0.6) is 0 Å². The van der Waals surface area contributed by atoms with Gasteiger partial charge in [0.05, 0.1) is 0 Å². The van der Waals surface area contributed by atoms with Gasteiger partial charge < -0.3 is 10.6 Å². The number of carbonyl (C=O) groups is 1. The van der Waals surface area contributed by atoms with Crippen molar-refractivity contribution in [2.75, 3.05) is 18.8 Å². The largest absolute Gasteiger partial charge is 0.339 e. The Bertz CT molecular complexity index is 259. The topological polar surface area (TPSA) is 46.3 Å². The first-order valence-electron chi connectivity index (χ1n) is 6.35. The van der Waals surface area contributed by atoms with Crippen LogP contribution in [-0.4, -0.2) is 40.9 Å². The van der Waals surface area contributed by atoms with E-state index < -0.39 is 0 Å². The maximum atomic E-state index is 11.9. The molecule has 3 atom stereocenters. The Morgan fingerprint density at radius 3 is 2.94 bits per heavy atom. The molecule has 0 aromatic carbocycles. The van der Waals surface area contributed by atoms with E-state index in [1.165, 1.54) is 25.0 Å². The van der Waals surface area contributed by atoms with Crippen LogP contribution < -0.4 is 5.73 Å². The summed E-state index contributed by atoms with van der Waals surface area (Å²) in [4.78, 5) is 14.0. The molecule has 1 aliphatic carbocycles. The molecule has 3 unspecified atom stereocenters. The van der Waals surface area contributed by atoms with Crippen molar-refractivity contribution in [3.05, 3.63) is 0 Å². The highest BCUT2D eigenvalue weighted by molar-refractivity contribution is 7.99. The van der Waals surface area contributed by atoms with E-state index in [9.17, 15) is 4.79 Å². The number of rotatable bonds is 4. The Morgan fingerprint density at radius 2 is 2.31 bits per heavy atom. The molecule has 1 saturated carbocycles. The molecule has 1 saturated heterocycles. The van der Waals surface area contributed by atoms with Gasteiger partial charge in [-0.05, 0) is 37.5 Å². The van der Waals surface area contributed by atoms with Crippen LogP contribution >= 0.6 is 11.8 Å². The van der Waals surface area contributed by atoms with E-state index in [1.54, 1.807) is 0 Å². The van der Waals surface area contributed by atoms with Gasteiger partial charge in [0.1, 0.15) is 0 Å². The maximum absolute atomic E-state index is 11.9. The lowest BCUT2D eigenvalue weighted by atomic mass is 10.1. The predicted molar refractivity (Wildman–Crippen MR) is 68.4 cm³/mol. The normalized spacial score (nSPS) is 35.0. The van der Waals surface area contributed by atoms with Gasteiger partial charge in [-0.15, -0.1) is 0 Å². The lowest BCUT2D eigenvalue weighted by molar-refractivity contribution is -0.129. The van der Waals surface area contributed by atoms with Gasteiger partial charge in [-0.25, -0.2) is 0 Å². The molecule has 92 valence electrons. The molecule has 0 radical (unpaired) electrons. The van der Waals surface area contributed by atoms with Crippen molar-refractivity contribution in [3.63, 3.8) is 0 Å². The van der Waals surface area contributed by atoms with Crippen molar-refractivity contribution in [2.24, 2.45) is 11.7 Å². The average Bonchev–Trinajstić information content (AvgIpc) is 2.85. The zero-order valence-corrected chi connectivity index (χ0v) is 10.8. The number of amides is 1. The van der Waals surface area contributed by atoms with E-state index in [0.717, 1.165) is 11.8 Å². The number of nitrogens with zero attached hydrogens (tertiary/aromatic N) is 1. The third-order valence-electron chi connectivity index (χ3n) is 3.77. The van der Waals surface area contributed by atoms with Gasteiger partial charge in [0.25, 0.3) is 0 Å². The van der Waals surface area contributed by atoms with Crippen molar-refractivity contribution < 1.29 is 4.79 Å². The van der Waals surface area contributed by atoms with Gasteiger partial charge in [0.2, 0.25) is 5.91 Å². The molecule has 1 aliphatic heterocycles. The van der Waals surface area contributed by atoms with E-state index in [-0.39, 0.29) is 0 Å². The van der Waals surface area contributed by atoms with Crippen molar-refractivity contribution in [2.45, 2.75) is 43.9 Å². The highest BCUT2D eigenvalue weighted by Crippen LogP contribution is 2.35. The van der Waals surface area contributed by atoms with E-state index >= 15 is 0 Å². The summed E-state index contributed by atoms with van der Waals surface area (Å²) in [6, 6.07) is 0.507. The summed E-state index contributed by atoms with van der Waals surface area (Å²) >= 11 is 2.05. The molecule has 0 aromatic heterocycles. The number of hydrogen-bond donors (Lipinski definition) is 1. The summed E-state index contributed by atoms with van der Waals surface area (Å²) in [5.41, 5.74) is 5.65. The molecular weight excluding hydrogens is 220 g/mol. The second kappa shape index (κ2) is 5.41. The van der Waals surface area contributed by atoms with E-state index in [2.05, 4.69) is 11.8 Å². The number of hydrogen-bond acceptors (Lipinski definition) is 3. The first-order chi connectivity index (χ1) is 7.74. The van der Waals surface area contributed by atoms with Crippen LogP contribution in [0.15, 0.2) is 0 Å². The van der Waals surface area contributed by atoms with Gasteiger partial charge in [-0.2, -0.15) is 11.8 Å². The van der Waals surface area contributed by atoms with E-state index in [4.69, 9.17) is 5.73 Å². The van der Waals surface area contributed by atoms with Gasteiger partial charge in [-0.3, -0.25) is 4.79 Å². The molecule has 2 rings (SSSR count). The minimum Gasteiger partial charge on any atom is -0.339 e. The summed E-state index contributed by atoms with van der Waals surface area (Å²) < 4.78 is 0. The summed E-state index contributed by atoms with van der Waals surface area (Å²) in [5, 5.41) is 0.778. The van der Waals surface area contributed by atoms with Gasteiger partial charge in [0.15, 0.2) is 0 Å². The minimum atomic E-state index is 0.336. The zero-order valence-electron chi connectivity index (χ0n) is 10.0. The molecule has 4 heteroatoms. The first-order valence-corrected chi connectivity index (χ1v) is 7.40. The Balaban J connectivity index is 1.87. The SMILES string of the molecule is CCSC1CCC(N2CC(CN)CC2=O)C1.